The summed E-state index contributed by atoms with van der Waals surface area (Å²) in [6, 6.07) is 3.60. The Morgan fingerprint density at radius 2 is 1.97 bits per heavy atom. The van der Waals surface area contributed by atoms with Crippen molar-refractivity contribution in [2.45, 2.75) is 44.6 Å². The van der Waals surface area contributed by atoms with Crippen LogP contribution in [0.2, 0.25) is 0 Å². The van der Waals surface area contributed by atoms with Crippen LogP contribution in [0, 0.1) is 0 Å². The molecule has 0 aromatic heterocycles. The van der Waals surface area contributed by atoms with Gasteiger partial charge >= 0.3 is 5.97 Å². The van der Waals surface area contributed by atoms with E-state index in [0.29, 0.717) is 44.3 Å². The molecule has 2 heterocycles. The van der Waals surface area contributed by atoms with E-state index in [9.17, 15) is 24.0 Å². The minimum atomic E-state index is -0.926. The van der Waals surface area contributed by atoms with Crippen LogP contribution < -0.4 is 15.4 Å². The summed E-state index contributed by atoms with van der Waals surface area (Å²) >= 11 is 0. The Morgan fingerprint density at radius 1 is 1.19 bits per heavy atom. The molecule has 2 aliphatic rings. The Bertz CT molecular complexity index is 972. The van der Waals surface area contributed by atoms with Crippen molar-refractivity contribution in [1.29, 1.82) is 0 Å². The number of aliphatic carboxylic acids is 1. The first-order chi connectivity index (χ1) is 15.3. The summed E-state index contributed by atoms with van der Waals surface area (Å²) in [4.78, 5) is 61.6. The minimum Gasteiger partial charge on any atom is -0.483 e. The molecule has 0 saturated carbocycles. The molecule has 3 N–H and O–H groups in total. The molecule has 0 radical (unpaired) electrons. The van der Waals surface area contributed by atoms with Crippen LogP contribution >= 0.6 is 0 Å². The van der Waals surface area contributed by atoms with Gasteiger partial charge in [0.2, 0.25) is 5.91 Å². The number of carboxylic acid groups (broad SMARTS) is 1. The highest BCUT2D eigenvalue weighted by atomic mass is 16.5. The number of nitrogens with one attached hydrogen (secondary N) is 2. The van der Waals surface area contributed by atoms with Crippen molar-refractivity contribution in [1.82, 2.24) is 15.5 Å². The minimum absolute atomic E-state index is 0.0381. The van der Waals surface area contributed by atoms with E-state index in [1.165, 1.54) is 12.1 Å². The van der Waals surface area contributed by atoms with Gasteiger partial charge in [0.15, 0.2) is 6.61 Å². The first kappa shape index (κ1) is 23.0. The Balaban J connectivity index is 1.58. The standard InChI is InChI=1S/C22H25N3O7/c1-13-9-10-15(20(29)24-13)25-21(30)14-6-5-7-16(19(14)22(25)31)32-12-17(26)23-11-4-2-3-8-18(27)28/h5-7,15H,1-4,8-12H2,(H,23,26)(H,24,29)(H,27,28). The Labute approximate surface area is 184 Å². The second-order valence-electron chi connectivity index (χ2n) is 7.65. The third-order valence-corrected chi connectivity index (χ3v) is 5.29. The van der Waals surface area contributed by atoms with Crippen molar-refractivity contribution in [3.8, 4) is 5.75 Å². The number of piperidine rings is 1. The van der Waals surface area contributed by atoms with Crippen LogP contribution in [-0.4, -0.2) is 58.8 Å². The van der Waals surface area contributed by atoms with E-state index in [1.807, 2.05) is 0 Å². The quantitative estimate of drug-likeness (QED) is 0.364. The maximum Gasteiger partial charge on any atom is 0.303 e. The van der Waals surface area contributed by atoms with Gasteiger partial charge in [-0.25, -0.2) is 0 Å². The lowest BCUT2D eigenvalue weighted by molar-refractivity contribution is -0.137. The van der Waals surface area contributed by atoms with Crippen molar-refractivity contribution in [3.63, 3.8) is 0 Å². The summed E-state index contributed by atoms with van der Waals surface area (Å²) in [7, 11) is 0. The molecule has 1 aromatic carbocycles. The van der Waals surface area contributed by atoms with E-state index in [-0.39, 0.29) is 29.9 Å². The van der Waals surface area contributed by atoms with Gasteiger partial charge in [0.25, 0.3) is 17.7 Å². The molecule has 10 nitrogen and oxygen atoms in total. The van der Waals surface area contributed by atoms with Crippen LogP contribution in [0.5, 0.6) is 5.75 Å². The van der Waals surface area contributed by atoms with Crippen molar-refractivity contribution in [2.24, 2.45) is 0 Å². The molecule has 3 rings (SSSR count). The normalized spacial score (nSPS) is 17.8. The maximum absolute atomic E-state index is 13.0. The van der Waals surface area contributed by atoms with Crippen LogP contribution in [0.3, 0.4) is 0 Å². The van der Waals surface area contributed by atoms with E-state index in [0.717, 1.165) is 4.90 Å². The van der Waals surface area contributed by atoms with Crippen LogP contribution in [0.15, 0.2) is 30.5 Å². The third-order valence-electron chi connectivity index (χ3n) is 5.29. The molecule has 1 unspecified atom stereocenters. The highest BCUT2D eigenvalue weighted by Gasteiger charge is 2.45. The van der Waals surface area contributed by atoms with Crippen molar-refractivity contribution < 1.29 is 33.8 Å². The lowest BCUT2D eigenvalue weighted by atomic mass is 10.0. The number of carbonyl (C=O) groups is 5. The molecular weight excluding hydrogens is 418 g/mol. The number of hydrogen-bond donors (Lipinski definition) is 3. The SMILES string of the molecule is C=C1CCC(N2C(=O)c3cccc(OCC(=O)NCCCCCC(=O)O)c3C2=O)C(=O)N1. The molecule has 170 valence electrons. The molecule has 10 heteroatoms. The van der Waals surface area contributed by atoms with E-state index in [2.05, 4.69) is 17.2 Å². The number of imide groups is 1. The number of rotatable bonds is 10. The van der Waals surface area contributed by atoms with Crippen molar-refractivity contribution >= 4 is 29.6 Å². The highest BCUT2D eigenvalue weighted by molar-refractivity contribution is 6.24. The Morgan fingerprint density at radius 3 is 2.69 bits per heavy atom. The number of nitrogens with zero attached hydrogens (tertiary/aromatic N) is 1. The average Bonchev–Trinajstić information content (AvgIpc) is 3.00. The summed E-state index contributed by atoms with van der Waals surface area (Å²) in [5.74, 6) is -2.82. The van der Waals surface area contributed by atoms with Gasteiger partial charge in [0, 0.05) is 18.7 Å². The topological polar surface area (TPSA) is 142 Å². The first-order valence-electron chi connectivity index (χ1n) is 10.4. The molecular formula is C22H25N3O7. The summed E-state index contributed by atoms with van der Waals surface area (Å²) in [5, 5.41) is 13.8. The fourth-order valence-electron chi connectivity index (χ4n) is 3.68. The third kappa shape index (κ3) is 5.13. The van der Waals surface area contributed by atoms with Gasteiger partial charge in [-0.1, -0.05) is 19.1 Å². The number of fused-ring (bicyclic) bond motifs is 1. The molecule has 4 amide bonds. The van der Waals surface area contributed by atoms with Gasteiger partial charge in [0.05, 0.1) is 11.1 Å². The first-order valence-corrected chi connectivity index (χ1v) is 10.4. The van der Waals surface area contributed by atoms with Crippen molar-refractivity contribution in [2.75, 3.05) is 13.2 Å². The number of amides is 4. The molecule has 1 atom stereocenters. The van der Waals surface area contributed by atoms with Crippen LogP contribution in [0.4, 0.5) is 0 Å². The molecule has 0 spiro atoms. The second-order valence-corrected chi connectivity index (χ2v) is 7.65. The fraction of sp³-hybridized carbons (Fsp3) is 0.409. The number of carbonyl (C=O) groups excluding carboxylic acids is 4. The fourth-order valence-corrected chi connectivity index (χ4v) is 3.68. The molecule has 1 aromatic rings. The number of allylic oxidation sites excluding steroid dienone is 1. The Hall–Kier alpha value is -3.69. The molecule has 1 saturated heterocycles. The van der Waals surface area contributed by atoms with Gasteiger partial charge in [0.1, 0.15) is 11.8 Å². The van der Waals surface area contributed by atoms with E-state index < -0.39 is 35.6 Å². The summed E-state index contributed by atoms with van der Waals surface area (Å²) in [5.41, 5.74) is 0.708. The van der Waals surface area contributed by atoms with Gasteiger partial charge < -0.3 is 20.5 Å². The molecule has 0 aliphatic carbocycles. The Kier molecular flexibility index (Phi) is 7.24. The summed E-state index contributed by atoms with van der Waals surface area (Å²) in [6.07, 6.45) is 2.70. The highest BCUT2D eigenvalue weighted by Crippen LogP contribution is 2.33. The average molecular weight is 443 g/mol. The molecule has 1 fully saturated rings. The smallest absolute Gasteiger partial charge is 0.303 e. The van der Waals surface area contributed by atoms with E-state index >= 15 is 0 Å². The number of ether oxygens (including phenoxy) is 1. The lowest BCUT2D eigenvalue weighted by Gasteiger charge is -2.29. The zero-order valence-electron chi connectivity index (χ0n) is 17.5. The summed E-state index contributed by atoms with van der Waals surface area (Å²) < 4.78 is 5.51. The number of benzene rings is 1. The van der Waals surface area contributed by atoms with Crippen LogP contribution in [0.1, 0.15) is 59.2 Å². The molecule has 2 aliphatic heterocycles. The van der Waals surface area contributed by atoms with Gasteiger partial charge in [-0.15, -0.1) is 0 Å². The second kappa shape index (κ2) is 10.1. The number of carboxylic acids is 1. The predicted octanol–water partition coefficient (Wildman–Crippen LogP) is 1.21. The van der Waals surface area contributed by atoms with Crippen LogP contribution in [-0.2, 0) is 14.4 Å². The van der Waals surface area contributed by atoms with Crippen LogP contribution in [0.25, 0.3) is 0 Å². The zero-order chi connectivity index (χ0) is 23.3. The van der Waals surface area contributed by atoms with E-state index in [4.69, 9.17) is 9.84 Å². The molecule has 32 heavy (non-hydrogen) atoms. The number of unbranched alkanes of at least 4 members (excludes halogenated alkanes) is 2. The van der Waals surface area contributed by atoms with Gasteiger partial charge in [-0.2, -0.15) is 0 Å². The maximum atomic E-state index is 13.0. The van der Waals surface area contributed by atoms with E-state index in [1.54, 1.807) is 6.07 Å². The van der Waals surface area contributed by atoms with Gasteiger partial charge in [-0.05, 0) is 37.8 Å². The van der Waals surface area contributed by atoms with Crippen molar-refractivity contribution in [3.05, 3.63) is 41.6 Å². The predicted molar refractivity (Wildman–Crippen MR) is 112 cm³/mol. The zero-order valence-corrected chi connectivity index (χ0v) is 17.5. The molecule has 0 bridgehead atoms. The largest absolute Gasteiger partial charge is 0.483 e. The monoisotopic (exact) mass is 443 g/mol. The lowest BCUT2D eigenvalue weighted by Crippen LogP contribution is -2.51. The van der Waals surface area contributed by atoms with Gasteiger partial charge in [-0.3, -0.25) is 28.9 Å². The summed E-state index contributed by atoms with van der Waals surface area (Å²) in [6.45, 7) is 3.73. The number of hydrogen-bond acceptors (Lipinski definition) is 6.